The second kappa shape index (κ2) is 8.52. The molecule has 0 aromatic carbocycles. The number of rotatable bonds is 2. The third-order valence-electron chi connectivity index (χ3n) is 6.77. The maximum absolute atomic E-state index is 9.99. The minimum Gasteiger partial charge on any atom is -0.388 e. The van der Waals surface area contributed by atoms with Gasteiger partial charge in [-0.1, -0.05) is 58.4 Å². The van der Waals surface area contributed by atoms with Gasteiger partial charge in [0.2, 0.25) is 0 Å². The van der Waals surface area contributed by atoms with Gasteiger partial charge in [-0.2, -0.15) is 0 Å². The first kappa shape index (κ1) is 19.5. The standard InChI is InChI=1S/C21H32O.C2H6/c1-15(2)21-13-5-8-18(19(21)9-6-14-21)12-11-17-7-4-10-20(22)16(17)3;1-2/h11-12,15,19-20,22H,3-10,13-14H2,1-2H3;1-2H3/b17-11-,18-12+;. The van der Waals surface area contributed by atoms with Crippen LogP contribution in [0.1, 0.15) is 85.5 Å². The van der Waals surface area contributed by atoms with Crippen LogP contribution < -0.4 is 0 Å². The lowest BCUT2D eigenvalue weighted by Gasteiger charge is -2.44. The lowest BCUT2D eigenvalue weighted by molar-refractivity contribution is 0.104. The van der Waals surface area contributed by atoms with Crippen molar-refractivity contribution < 1.29 is 5.11 Å². The molecule has 3 fully saturated rings. The predicted octanol–water partition coefficient (Wildman–Crippen LogP) is 6.59. The third-order valence-corrected chi connectivity index (χ3v) is 6.77. The number of aliphatic hydroxyl groups excluding tert-OH is 1. The summed E-state index contributed by atoms with van der Waals surface area (Å²) in [7, 11) is 0. The molecule has 0 saturated heterocycles. The van der Waals surface area contributed by atoms with Gasteiger partial charge in [0.25, 0.3) is 0 Å². The zero-order chi connectivity index (χ0) is 17.7. The van der Waals surface area contributed by atoms with Crippen LogP contribution in [0, 0.1) is 17.3 Å². The van der Waals surface area contributed by atoms with Crippen LogP contribution in [0.2, 0.25) is 0 Å². The molecular weight excluding hydrogens is 292 g/mol. The Kier molecular flexibility index (Phi) is 6.92. The SMILES string of the molecule is C=C1/C(=C\C=C2/CCCC3(C(C)C)CCCC23)CCCC1O.CC. The first-order valence-electron chi connectivity index (χ1n) is 10.3. The molecule has 0 heterocycles. The van der Waals surface area contributed by atoms with Crippen molar-refractivity contribution in [3.8, 4) is 0 Å². The topological polar surface area (TPSA) is 20.2 Å². The van der Waals surface area contributed by atoms with Gasteiger partial charge in [0.15, 0.2) is 0 Å². The van der Waals surface area contributed by atoms with Crippen molar-refractivity contribution >= 4 is 0 Å². The van der Waals surface area contributed by atoms with Gasteiger partial charge in [0.05, 0.1) is 6.10 Å². The summed E-state index contributed by atoms with van der Waals surface area (Å²) in [5, 5.41) is 9.99. The molecule has 3 unspecified atom stereocenters. The van der Waals surface area contributed by atoms with Crippen molar-refractivity contribution in [3.63, 3.8) is 0 Å². The maximum Gasteiger partial charge on any atom is 0.0787 e. The second-order valence-corrected chi connectivity index (χ2v) is 8.05. The van der Waals surface area contributed by atoms with E-state index >= 15 is 0 Å². The Morgan fingerprint density at radius 1 is 1.04 bits per heavy atom. The molecule has 3 aliphatic rings. The molecule has 0 aliphatic heterocycles. The summed E-state index contributed by atoms with van der Waals surface area (Å²) < 4.78 is 0. The Labute approximate surface area is 149 Å². The summed E-state index contributed by atoms with van der Waals surface area (Å²) in [5.41, 5.74) is 4.49. The molecule has 0 aromatic rings. The van der Waals surface area contributed by atoms with E-state index in [4.69, 9.17) is 0 Å². The lowest BCUT2D eigenvalue weighted by atomic mass is 9.60. The molecule has 136 valence electrons. The first-order chi connectivity index (χ1) is 11.5. The highest BCUT2D eigenvalue weighted by Crippen LogP contribution is 2.58. The van der Waals surface area contributed by atoms with Gasteiger partial charge in [0, 0.05) is 0 Å². The van der Waals surface area contributed by atoms with Gasteiger partial charge in [-0.05, 0) is 79.8 Å². The summed E-state index contributed by atoms with van der Waals surface area (Å²) in [4.78, 5) is 0. The summed E-state index contributed by atoms with van der Waals surface area (Å²) >= 11 is 0. The van der Waals surface area contributed by atoms with E-state index in [9.17, 15) is 5.11 Å². The highest BCUT2D eigenvalue weighted by atomic mass is 16.3. The van der Waals surface area contributed by atoms with Crippen LogP contribution in [0.5, 0.6) is 0 Å². The van der Waals surface area contributed by atoms with Crippen LogP contribution in [0.15, 0.2) is 35.5 Å². The highest BCUT2D eigenvalue weighted by Gasteiger charge is 2.47. The second-order valence-electron chi connectivity index (χ2n) is 8.05. The predicted molar refractivity (Wildman–Crippen MR) is 105 cm³/mol. The summed E-state index contributed by atoms with van der Waals surface area (Å²) in [5.74, 6) is 1.60. The molecule has 0 bridgehead atoms. The van der Waals surface area contributed by atoms with E-state index in [1.54, 1.807) is 5.57 Å². The normalized spacial score (nSPS) is 36.7. The molecule has 3 aliphatic carbocycles. The lowest BCUT2D eigenvalue weighted by Crippen LogP contribution is -2.35. The molecule has 1 nitrogen and oxygen atoms in total. The number of fused-ring (bicyclic) bond motifs is 1. The minimum absolute atomic E-state index is 0.314. The van der Waals surface area contributed by atoms with Gasteiger partial charge in [0.1, 0.15) is 0 Å². The maximum atomic E-state index is 9.99. The summed E-state index contributed by atoms with van der Waals surface area (Å²) in [6, 6.07) is 0. The smallest absolute Gasteiger partial charge is 0.0787 e. The third kappa shape index (κ3) is 3.72. The van der Waals surface area contributed by atoms with Crippen molar-refractivity contribution in [3.05, 3.63) is 35.5 Å². The van der Waals surface area contributed by atoms with Gasteiger partial charge in [-0.3, -0.25) is 0 Å². The van der Waals surface area contributed by atoms with Gasteiger partial charge >= 0.3 is 0 Å². The fourth-order valence-electron chi connectivity index (χ4n) is 5.36. The van der Waals surface area contributed by atoms with E-state index < -0.39 is 0 Å². The van der Waals surface area contributed by atoms with Crippen LogP contribution in [0.25, 0.3) is 0 Å². The van der Waals surface area contributed by atoms with Crippen molar-refractivity contribution in [2.75, 3.05) is 0 Å². The van der Waals surface area contributed by atoms with E-state index in [2.05, 4.69) is 32.6 Å². The van der Waals surface area contributed by atoms with E-state index in [-0.39, 0.29) is 6.10 Å². The van der Waals surface area contributed by atoms with Crippen molar-refractivity contribution in [2.45, 2.75) is 91.6 Å². The van der Waals surface area contributed by atoms with Crippen LogP contribution in [-0.4, -0.2) is 11.2 Å². The van der Waals surface area contributed by atoms with Gasteiger partial charge in [-0.15, -0.1) is 0 Å². The largest absolute Gasteiger partial charge is 0.388 e. The fourth-order valence-corrected chi connectivity index (χ4v) is 5.36. The Bertz CT molecular complexity index is 496. The molecular formula is C23H38O. The van der Waals surface area contributed by atoms with Crippen molar-refractivity contribution in [1.29, 1.82) is 0 Å². The molecule has 24 heavy (non-hydrogen) atoms. The Morgan fingerprint density at radius 2 is 1.75 bits per heavy atom. The number of allylic oxidation sites excluding steroid dienone is 3. The van der Waals surface area contributed by atoms with Crippen LogP contribution >= 0.6 is 0 Å². The van der Waals surface area contributed by atoms with Crippen molar-refractivity contribution in [2.24, 2.45) is 17.3 Å². The van der Waals surface area contributed by atoms with E-state index in [0.717, 1.165) is 36.7 Å². The Balaban J connectivity index is 0.00000100. The molecule has 0 aromatic heterocycles. The quantitative estimate of drug-likeness (QED) is 0.605. The van der Waals surface area contributed by atoms with Crippen LogP contribution in [0.3, 0.4) is 0 Å². The molecule has 0 spiro atoms. The Morgan fingerprint density at radius 3 is 2.46 bits per heavy atom. The fraction of sp³-hybridized carbons (Fsp3) is 0.739. The molecule has 1 heteroatoms. The van der Waals surface area contributed by atoms with Crippen molar-refractivity contribution in [1.82, 2.24) is 0 Å². The summed E-state index contributed by atoms with van der Waals surface area (Å²) in [6.45, 7) is 13.0. The van der Waals surface area contributed by atoms with Crippen LogP contribution in [0.4, 0.5) is 0 Å². The highest BCUT2D eigenvalue weighted by molar-refractivity contribution is 5.37. The van der Waals surface area contributed by atoms with E-state index in [1.165, 1.54) is 44.1 Å². The zero-order valence-electron chi connectivity index (χ0n) is 16.4. The monoisotopic (exact) mass is 330 g/mol. The number of aliphatic hydroxyl groups is 1. The van der Waals surface area contributed by atoms with Gasteiger partial charge in [-0.25, -0.2) is 0 Å². The molecule has 0 amide bonds. The average molecular weight is 331 g/mol. The number of hydrogen-bond acceptors (Lipinski definition) is 1. The molecule has 3 saturated carbocycles. The van der Waals surface area contributed by atoms with Gasteiger partial charge < -0.3 is 5.11 Å². The van der Waals surface area contributed by atoms with Crippen LogP contribution in [-0.2, 0) is 0 Å². The summed E-state index contributed by atoms with van der Waals surface area (Å²) in [6.07, 6.45) is 15.7. The first-order valence-corrected chi connectivity index (χ1v) is 10.3. The average Bonchev–Trinajstić information content (AvgIpc) is 3.04. The number of hydrogen-bond donors (Lipinski definition) is 1. The minimum atomic E-state index is -0.314. The zero-order valence-corrected chi connectivity index (χ0v) is 16.4. The Hall–Kier alpha value is -0.820. The molecule has 1 N–H and O–H groups in total. The molecule has 0 radical (unpaired) electrons. The van der Waals surface area contributed by atoms with E-state index in [1.807, 2.05) is 13.8 Å². The van der Waals surface area contributed by atoms with E-state index in [0.29, 0.717) is 5.41 Å². The molecule has 3 atom stereocenters. The molecule has 3 rings (SSSR count).